The summed E-state index contributed by atoms with van der Waals surface area (Å²) in [4.78, 5) is 20.8. The molecule has 0 amide bonds. The van der Waals surface area contributed by atoms with Crippen molar-refractivity contribution >= 4 is 11.8 Å². The van der Waals surface area contributed by atoms with Crippen molar-refractivity contribution in [2.45, 2.75) is 13.8 Å². The van der Waals surface area contributed by atoms with Crippen LogP contribution in [0, 0.1) is 0 Å². The lowest BCUT2D eigenvalue weighted by Crippen LogP contribution is -2.09. The molecular formula is C7H10O4. The molecule has 0 aromatic carbocycles. The van der Waals surface area contributed by atoms with Gasteiger partial charge in [-0.15, -0.1) is 0 Å². The first-order chi connectivity index (χ1) is 5.09. The molecule has 0 heterocycles. The average Bonchev–Trinajstić information content (AvgIpc) is 1.87. The van der Waals surface area contributed by atoms with E-state index in [1.807, 2.05) is 0 Å². The molecule has 0 radical (unpaired) electrons. The van der Waals surface area contributed by atoms with Crippen molar-refractivity contribution in [1.82, 2.24) is 0 Å². The molecule has 1 N–H and O–H groups in total. The number of carbonyl (C=O) groups excluding carboxylic acids is 1. The lowest BCUT2D eigenvalue weighted by Gasteiger charge is -1.96. The molecule has 0 aromatic rings. The van der Waals surface area contributed by atoms with Crippen molar-refractivity contribution < 1.29 is 19.4 Å². The zero-order valence-electron chi connectivity index (χ0n) is 6.46. The van der Waals surface area contributed by atoms with E-state index in [0.29, 0.717) is 6.61 Å². The van der Waals surface area contributed by atoms with E-state index in [9.17, 15) is 9.59 Å². The Bertz CT molecular complexity index is 177. The van der Waals surface area contributed by atoms with Crippen LogP contribution in [0.4, 0.5) is 0 Å². The number of carboxylic acid groups (broad SMARTS) is 1. The summed E-state index contributed by atoms with van der Waals surface area (Å²) in [5, 5.41) is 8.40. The Morgan fingerprint density at radius 3 is 2.36 bits per heavy atom. The van der Waals surface area contributed by atoms with Crippen LogP contribution < -0.4 is 0 Å². The Morgan fingerprint density at radius 2 is 2.09 bits per heavy atom. The van der Waals surface area contributed by atoms with Gasteiger partial charge in [0.15, 0.2) is 5.78 Å². The van der Waals surface area contributed by atoms with Crippen molar-refractivity contribution in [2.24, 2.45) is 0 Å². The third-order valence-corrected chi connectivity index (χ3v) is 0.978. The number of rotatable bonds is 4. The fraction of sp³-hybridized carbons (Fsp3) is 0.429. The van der Waals surface area contributed by atoms with Gasteiger partial charge >= 0.3 is 5.97 Å². The molecule has 0 aromatic heterocycles. The molecular weight excluding hydrogens is 148 g/mol. The number of ketones is 1. The monoisotopic (exact) mass is 158 g/mol. The molecule has 11 heavy (non-hydrogen) atoms. The molecule has 0 atom stereocenters. The molecule has 0 saturated carbocycles. The van der Waals surface area contributed by atoms with Gasteiger partial charge in [0.1, 0.15) is 11.8 Å². The molecule has 0 aliphatic heterocycles. The third kappa shape index (κ3) is 3.40. The molecule has 0 bridgehead atoms. The minimum absolute atomic E-state index is 0.327. The maximum Gasteiger partial charge on any atom is 0.342 e. The van der Waals surface area contributed by atoms with Crippen LogP contribution >= 0.6 is 0 Å². The van der Waals surface area contributed by atoms with Crippen molar-refractivity contribution in [3.63, 3.8) is 0 Å². The van der Waals surface area contributed by atoms with Gasteiger partial charge in [-0.3, -0.25) is 4.79 Å². The molecule has 0 rings (SSSR count). The normalized spacial score (nSPS) is 10.9. The Kier molecular flexibility index (Phi) is 3.95. The van der Waals surface area contributed by atoms with Crippen LogP contribution in [0.25, 0.3) is 0 Å². The van der Waals surface area contributed by atoms with Crippen LogP contribution in [0.3, 0.4) is 0 Å². The van der Waals surface area contributed by atoms with E-state index in [2.05, 4.69) is 4.74 Å². The molecule has 4 nitrogen and oxygen atoms in total. The van der Waals surface area contributed by atoms with Gasteiger partial charge < -0.3 is 9.84 Å². The lowest BCUT2D eigenvalue weighted by molar-refractivity contribution is -0.134. The molecule has 0 aliphatic carbocycles. The Balaban J connectivity index is 4.33. The summed E-state index contributed by atoms with van der Waals surface area (Å²) < 4.78 is 4.65. The van der Waals surface area contributed by atoms with E-state index >= 15 is 0 Å². The maximum atomic E-state index is 10.6. The minimum atomic E-state index is -1.26. The highest BCUT2D eigenvalue weighted by atomic mass is 16.5. The zero-order valence-corrected chi connectivity index (χ0v) is 6.46. The van der Waals surface area contributed by atoms with Crippen molar-refractivity contribution in [2.75, 3.05) is 6.61 Å². The first-order valence-electron chi connectivity index (χ1n) is 3.15. The third-order valence-electron chi connectivity index (χ3n) is 0.978. The summed E-state index contributed by atoms with van der Waals surface area (Å²) in [5.74, 6) is -1.77. The summed E-state index contributed by atoms with van der Waals surface area (Å²) in [7, 11) is 0. The highest BCUT2D eigenvalue weighted by molar-refractivity contribution is 6.15. The number of aliphatic carboxylic acids is 1. The second-order valence-electron chi connectivity index (χ2n) is 1.85. The molecule has 0 aliphatic rings. The number of hydrogen-bond donors (Lipinski definition) is 1. The van der Waals surface area contributed by atoms with E-state index in [4.69, 9.17) is 5.11 Å². The number of carboxylic acids is 1. The summed E-state index contributed by atoms with van der Waals surface area (Å²) in [6.07, 6.45) is 0.963. The topological polar surface area (TPSA) is 63.6 Å². The maximum absolute atomic E-state index is 10.6. The van der Waals surface area contributed by atoms with E-state index in [1.54, 1.807) is 6.92 Å². The largest absolute Gasteiger partial charge is 0.500 e. The number of Topliss-reactive ketones (excluding diaryl/α,β-unsaturated/α-hetero) is 1. The highest BCUT2D eigenvalue weighted by Crippen LogP contribution is 1.96. The Hall–Kier alpha value is -1.32. The Morgan fingerprint density at radius 1 is 1.55 bits per heavy atom. The number of hydrogen-bond acceptors (Lipinski definition) is 3. The van der Waals surface area contributed by atoms with Gasteiger partial charge in [-0.05, 0) is 13.8 Å². The minimum Gasteiger partial charge on any atom is -0.500 e. The molecule has 0 spiro atoms. The van der Waals surface area contributed by atoms with E-state index in [0.717, 1.165) is 6.26 Å². The van der Waals surface area contributed by atoms with E-state index in [-0.39, 0.29) is 5.57 Å². The van der Waals surface area contributed by atoms with Crippen molar-refractivity contribution in [1.29, 1.82) is 0 Å². The molecule has 0 fully saturated rings. The van der Waals surface area contributed by atoms with Crippen LogP contribution in [-0.2, 0) is 14.3 Å². The van der Waals surface area contributed by atoms with Crippen LogP contribution in [0.15, 0.2) is 11.8 Å². The van der Waals surface area contributed by atoms with Crippen molar-refractivity contribution in [3.8, 4) is 0 Å². The Labute approximate surface area is 64.5 Å². The van der Waals surface area contributed by atoms with Crippen molar-refractivity contribution in [3.05, 3.63) is 11.8 Å². The fourth-order valence-electron chi connectivity index (χ4n) is 0.451. The predicted octanol–water partition coefficient (Wildman–Crippen LogP) is 0.580. The first kappa shape index (κ1) is 9.68. The molecule has 4 heteroatoms. The number of carbonyl (C=O) groups is 2. The SMILES string of the molecule is CCOC=C(C(C)=O)C(=O)O. The highest BCUT2D eigenvalue weighted by Gasteiger charge is 2.12. The predicted molar refractivity (Wildman–Crippen MR) is 38.0 cm³/mol. The lowest BCUT2D eigenvalue weighted by atomic mass is 10.2. The van der Waals surface area contributed by atoms with Crippen LogP contribution in [0.2, 0.25) is 0 Å². The first-order valence-corrected chi connectivity index (χ1v) is 3.15. The zero-order chi connectivity index (χ0) is 8.85. The van der Waals surface area contributed by atoms with Crippen LogP contribution in [-0.4, -0.2) is 23.5 Å². The quantitative estimate of drug-likeness (QED) is 0.281. The molecule has 62 valence electrons. The van der Waals surface area contributed by atoms with E-state index in [1.165, 1.54) is 6.92 Å². The van der Waals surface area contributed by atoms with Crippen LogP contribution in [0.5, 0.6) is 0 Å². The van der Waals surface area contributed by atoms with Gasteiger partial charge in [-0.25, -0.2) is 4.79 Å². The summed E-state index contributed by atoms with van der Waals surface area (Å²) in [5.41, 5.74) is -0.327. The second kappa shape index (κ2) is 4.49. The van der Waals surface area contributed by atoms with Gasteiger partial charge in [0, 0.05) is 0 Å². The van der Waals surface area contributed by atoms with Crippen LogP contribution in [0.1, 0.15) is 13.8 Å². The molecule has 0 saturated heterocycles. The number of ether oxygens (including phenoxy) is 1. The van der Waals surface area contributed by atoms with Gasteiger partial charge in [-0.2, -0.15) is 0 Å². The van der Waals surface area contributed by atoms with Gasteiger partial charge in [-0.1, -0.05) is 0 Å². The van der Waals surface area contributed by atoms with E-state index < -0.39 is 11.8 Å². The molecule has 0 unspecified atom stereocenters. The van der Waals surface area contributed by atoms with Gasteiger partial charge in [0.25, 0.3) is 0 Å². The summed E-state index contributed by atoms with van der Waals surface area (Å²) >= 11 is 0. The fourth-order valence-corrected chi connectivity index (χ4v) is 0.451. The summed E-state index contributed by atoms with van der Waals surface area (Å²) in [6, 6.07) is 0. The standard InChI is InChI=1S/C7H10O4/c1-3-11-4-6(5(2)8)7(9)10/h4H,3H2,1-2H3,(H,9,10). The second-order valence-corrected chi connectivity index (χ2v) is 1.85. The van der Waals surface area contributed by atoms with Gasteiger partial charge in [0.05, 0.1) is 6.61 Å². The average molecular weight is 158 g/mol. The van der Waals surface area contributed by atoms with Gasteiger partial charge in [0.2, 0.25) is 0 Å². The smallest absolute Gasteiger partial charge is 0.342 e. The summed E-state index contributed by atoms with van der Waals surface area (Å²) in [6.45, 7) is 3.24.